The summed E-state index contributed by atoms with van der Waals surface area (Å²) in [6.45, 7) is 3.63. The summed E-state index contributed by atoms with van der Waals surface area (Å²) in [6.07, 6.45) is 3.17. The molecule has 1 amide bonds. The van der Waals surface area contributed by atoms with Crippen LogP contribution in [0.25, 0.3) is 10.2 Å². The number of fused-ring (bicyclic) bond motifs is 1. The van der Waals surface area contributed by atoms with Crippen molar-refractivity contribution in [2.24, 2.45) is 0 Å². The predicted molar refractivity (Wildman–Crippen MR) is 107 cm³/mol. The Hall–Kier alpha value is -1.97. The Bertz CT molecular complexity index is 900. The van der Waals surface area contributed by atoms with E-state index >= 15 is 0 Å². The number of ether oxygens (including phenoxy) is 1. The van der Waals surface area contributed by atoms with E-state index in [0.29, 0.717) is 5.13 Å². The number of amides is 1. The number of nitrogens with zero attached hydrogens (tertiary/aromatic N) is 4. The van der Waals surface area contributed by atoms with E-state index in [2.05, 4.69) is 32.0 Å². The Labute approximate surface area is 165 Å². The number of carbonyl (C=O) groups excluding carboxylic acids is 1. The van der Waals surface area contributed by atoms with Crippen LogP contribution in [0.3, 0.4) is 0 Å². The Kier molecular flexibility index (Phi) is 5.70. The van der Waals surface area contributed by atoms with Crippen LogP contribution in [0, 0.1) is 0 Å². The Morgan fingerprint density at radius 3 is 3.07 bits per heavy atom. The van der Waals surface area contributed by atoms with Crippen LogP contribution in [-0.2, 0) is 22.5 Å². The van der Waals surface area contributed by atoms with Gasteiger partial charge in [0, 0.05) is 13.0 Å². The van der Waals surface area contributed by atoms with E-state index in [4.69, 9.17) is 4.74 Å². The molecule has 0 spiro atoms. The zero-order valence-corrected chi connectivity index (χ0v) is 16.7. The second kappa shape index (κ2) is 8.37. The van der Waals surface area contributed by atoms with Crippen molar-refractivity contribution in [3.05, 3.63) is 30.1 Å². The van der Waals surface area contributed by atoms with Crippen molar-refractivity contribution in [1.82, 2.24) is 19.7 Å². The van der Waals surface area contributed by atoms with Gasteiger partial charge in [-0.25, -0.2) is 4.98 Å². The molecule has 1 fully saturated rings. The first kappa shape index (κ1) is 18.4. The normalized spacial score (nSPS) is 16.9. The van der Waals surface area contributed by atoms with Gasteiger partial charge in [-0.2, -0.15) is 0 Å². The maximum Gasteiger partial charge on any atom is 0.236 e. The lowest BCUT2D eigenvalue weighted by molar-refractivity contribution is -0.113. The molecule has 1 saturated heterocycles. The van der Waals surface area contributed by atoms with Gasteiger partial charge in [-0.15, -0.1) is 10.2 Å². The number of carbonyl (C=O) groups is 1. The number of aromatic nitrogens is 4. The number of hydrogen-bond donors (Lipinski definition) is 1. The number of anilines is 1. The Balaban J connectivity index is 1.38. The van der Waals surface area contributed by atoms with Crippen molar-refractivity contribution in [3.8, 4) is 0 Å². The summed E-state index contributed by atoms with van der Waals surface area (Å²) in [4.78, 5) is 16.8. The van der Waals surface area contributed by atoms with Crippen molar-refractivity contribution in [2.75, 3.05) is 17.7 Å². The van der Waals surface area contributed by atoms with E-state index in [0.717, 1.165) is 53.6 Å². The van der Waals surface area contributed by atoms with Gasteiger partial charge in [-0.1, -0.05) is 42.2 Å². The van der Waals surface area contributed by atoms with Crippen molar-refractivity contribution >= 4 is 44.4 Å². The quantitative estimate of drug-likeness (QED) is 0.609. The monoisotopic (exact) mass is 403 g/mol. The van der Waals surface area contributed by atoms with E-state index in [1.807, 2.05) is 24.3 Å². The van der Waals surface area contributed by atoms with Crippen LogP contribution in [0.5, 0.6) is 0 Å². The molecule has 1 aliphatic rings. The van der Waals surface area contributed by atoms with Crippen LogP contribution in [0.15, 0.2) is 29.4 Å². The molecular weight excluding hydrogens is 382 g/mol. The minimum atomic E-state index is -0.0937. The minimum absolute atomic E-state index is 0.0937. The van der Waals surface area contributed by atoms with Gasteiger partial charge in [0.2, 0.25) is 5.91 Å². The molecule has 1 unspecified atom stereocenters. The smallest absolute Gasteiger partial charge is 0.236 e. The topological polar surface area (TPSA) is 81.9 Å². The number of aryl methyl sites for hydroxylation is 1. The van der Waals surface area contributed by atoms with Crippen molar-refractivity contribution in [1.29, 1.82) is 0 Å². The van der Waals surface area contributed by atoms with Gasteiger partial charge < -0.3 is 14.6 Å². The molecule has 0 radical (unpaired) electrons. The van der Waals surface area contributed by atoms with Gasteiger partial charge in [0.1, 0.15) is 5.82 Å². The second-order valence-corrected chi connectivity index (χ2v) is 8.29. The fourth-order valence-electron chi connectivity index (χ4n) is 3.07. The predicted octanol–water partition coefficient (Wildman–Crippen LogP) is 3.36. The molecule has 1 atom stereocenters. The minimum Gasteiger partial charge on any atom is -0.376 e. The highest BCUT2D eigenvalue weighted by molar-refractivity contribution is 7.99. The lowest BCUT2D eigenvalue weighted by Gasteiger charge is -2.14. The molecule has 3 aromatic rings. The molecule has 0 bridgehead atoms. The molecule has 2 aromatic heterocycles. The highest BCUT2D eigenvalue weighted by Gasteiger charge is 2.21. The third-order valence-corrected chi connectivity index (χ3v) is 6.31. The lowest BCUT2D eigenvalue weighted by atomic mass is 10.2. The second-order valence-electron chi connectivity index (χ2n) is 6.32. The van der Waals surface area contributed by atoms with Crippen molar-refractivity contribution < 1.29 is 9.53 Å². The van der Waals surface area contributed by atoms with Crippen LogP contribution < -0.4 is 5.32 Å². The lowest BCUT2D eigenvalue weighted by Crippen LogP contribution is -2.18. The van der Waals surface area contributed by atoms with Gasteiger partial charge in [-0.05, 0) is 25.0 Å². The van der Waals surface area contributed by atoms with Gasteiger partial charge in [0.15, 0.2) is 10.3 Å². The van der Waals surface area contributed by atoms with Crippen LogP contribution in [-0.4, -0.2) is 44.1 Å². The fraction of sp³-hybridized carbons (Fsp3) is 0.444. The molecule has 27 heavy (non-hydrogen) atoms. The summed E-state index contributed by atoms with van der Waals surface area (Å²) in [5, 5.41) is 12.8. The van der Waals surface area contributed by atoms with Gasteiger partial charge in [0.25, 0.3) is 0 Å². The summed E-state index contributed by atoms with van der Waals surface area (Å²) in [6, 6.07) is 7.84. The standard InChI is InChI=1S/C18H21N5O2S2/c1-2-15-21-22-18(23(15)10-12-6-5-9-25-12)26-11-16(24)20-17-19-13-7-3-4-8-14(13)27-17/h3-4,7-8,12H,2,5-6,9-11H2,1H3,(H,19,20,24). The molecule has 3 heterocycles. The summed E-state index contributed by atoms with van der Waals surface area (Å²) in [7, 11) is 0. The van der Waals surface area contributed by atoms with E-state index in [9.17, 15) is 4.79 Å². The largest absolute Gasteiger partial charge is 0.376 e. The summed E-state index contributed by atoms with van der Waals surface area (Å²) >= 11 is 2.88. The SMILES string of the molecule is CCc1nnc(SCC(=O)Nc2nc3ccccc3s2)n1CC1CCCO1. The van der Waals surface area contributed by atoms with Crippen LogP contribution >= 0.6 is 23.1 Å². The molecule has 0 aliphatic carbocycles. The van der Waals surface area contributed by atoms with E-state index in [-0.39, 0.29) is 17.8 Å². The number of para-hydroxylation sites is 1. The van der Waals surface area contributed by atoms with E-state index in [1.165, 1.54) is 23.1 Å². The van der Waals surface area contributed by atoms with Gasteiger partial charge in [0.05, 0.1) is 28.6 Å². The van der Waals surface area contributed by atoms with Crippen LogP contribution in [0.1, 0.15) is 25.6 Å². The van der Waals surface area contributed by atoms with Crippen LogP contribution in [0.2, 0.25) is 0 Å². The third kappa shape index (κ3) is 4.31. The fourth-order valence-corrected chi connectivity index (χ4v) is 4.72. The molecule has 4 rings (SSSR count). The maximum atomic E-state index is 12.3. The van der Waals surface area contributed by atoms with Crippen molar-refractivity contribution in [2.45, 2.75) is 44.0 Å². The summed E-state index contributed by atoms with van der Waals surface area (Å²) < 4.78 is 8.89. The molecular formula is C18H21N5O2S2. The first-order valence-electron chi connectivity index (χ1n) is 9.05. The highest BCUT2D eigenvalue weighted by Crippen LogP contribution is 2.26. The maximum absolute atomic E-state index is 12.3. The molecule has 1 N–H and O–H groups in total. The first-order chi connectivity index (χ1) is 13.2. The zero-order chi connectivity index (χ0) is 18.6. The molecule has 142 valence electrons. The number of thioether (sulfide) groups is 1. The number of benzene rings is 1. The number of hydrogen-bond acceptors (Lipinski definition) is 7. The van der Waals surface area contributed by atoms with E-state index < -0.39 is 0 Å². The number of nitrogens with one attached hydrogen (secondary N) is 1. The van der Waals surface area contributed by atoms with E-state index in [1.54, 1.807) is 0 Å². The molecule has 1 aliphatic heterocycles. The summed E-state index contributed by atoms with van der Waals surface area (Å²) in [5.74, 6) is 1.10. The third-order valence-electron chi connectivity index (χ3n) is 4.39. The summed E-state index contributed by atoms with van der Waals surface area (Å²) in [5.41, 5.74) is 0.898. The number of thiazole rings is 1. The molecule has 1 aromatic carbocycles. The Morgan fingerprint density at radius 1 is 1.41 bits per heavy atom. The average Bonchev–Trinajstić information content (AvgIpc) is 3.39. The molecule has 0 saturated carbocycles. The molecule has 7 nitrogen and oxygen atoms in total. The van der Waals surface area contributed by atoms with Crippen LogP contribution in [0.4, 0.5) is 5.13 Å². The highest BCUT2D eigenvalue weighted by atomic mass is 32.2. The average molecular weight is 404 g/mol. The van der Waals surface area contributed by atoms with Crippen molar-refractivity contribution in [3.63, 3.8) is 0 Å². The molecule has 9 heteroatoms. The number of rotatable bonds is 7. The Morgan fingerprint density at radius 2 is 2.30 bits per heavy atom. The first-order valence-corrected chi connectivity index (χ1v) is 10.8. The van der Waals surface area contributed by atoms with Gasteiger partial charge in [-0.3, -0.25) is 4.79 Å². The van der Waals surface area contributed by atoms with Gasteiger partial charge >= 0.3 is 0 Å². The zero-order valence-electron chi connectivity index (χ0n) is 15.1.